The Hall–Kier alpha value is -5.86. The molecule has 0 bridgehead atoms. The maximum Gasteiger partial charge on any atom is 0.0619 e. The van der Waals surface area contributed by atoms with Crippen molar-refractivity contribution < 1.29 is 0 Å². The van der Waals surface area contributed by atoms with Crippen LogP contribution in [0, 0.1) is 0 Å². The van der Waals surface area contributed by atoms with Gasteiger partial charge in [0.15, 0.2) is 0 Å². The first kappa shape index (κ1) is 32.1. The summed E-state index contributed by atoms with van der Waals surface area (Å²) in [5.41, 5.74) is 10.9. The fraction of sp³-hybridized carbons (Fsp3) is 0.160. The van der Waals surface area contributed by atoms with Gasteiger partial charge in [0.1, 0.15) is 0 Å². The van der Waals surface area contributed by atoms with Gasteiger partial charge < -0.3 is 9.72 Å². The van der Waals surface area contributed by atoms with Crippen molar-refractivity contribution in [3.8, 4) is 11.1 Å². The molecule has 1 N–H and O–H groups in total. The lowest BCUT2D eigenvalue weighted by atomic mass is 9.79. The molecule has 9 rings (SSSR count). The maximum absolute atomic E-state index is 3.91. The summed E-state index contributed by atoms with van der Waals surface area (Å²) in [6, 6.07) is 56.2. The molecule has 0 aliphatic carbocycles. The molecule has 0 spiro atoms. The summed E-state index contributed by atoms with van der Waals surface area (Å²) < 4.78 is 2.51. The van der Waals surface area contributed by atoms with Gasteiger partial charge in [0.2, 0.25) is 0 Å². The number of hydrogen-bond donors (Lipinski definition) is 1. The van der Waals surface area contributed by atoms with Gasteiger partial charge in [0.05, 0.1) is 16.6 Å². The van der Waals surface area contributed by atoms with E-state index in [2.05, 4.69) is 203 Å². The molecule has 0 unspecified atom stereocenters. The summed E-state index contributed by atoms with van der Waals surface area (Å²) in [5.74, 6) is 0. The van der Waals surface area contributed by atoms with E-state index in [-0.39, 0.29) is 10.8 Å². The summed E-state index contributed by atoms with van der Waals surface area (Å²) in [5, 5.41) is 13.8. The van der Waals surface area contributed by atoms with E-state index in [9.17, 15) is 0 Å². The lowest BCUT2D eigenvalue weighted by Gasteiger charge is -2.27. The molecule has 2 heteroatoms. The Labute approximate surface area is 306 Å². The Morgan fingerprint density at radius 1 is 0.404 bits per heavy atom. The van der Waals surface area contributed by atoms with Crippen LogP contribution in [-0.4, -0.2) is 4.40 Å². The van der Waals surface area contributed by atoms with Gasteiger partial charge in [-0.1, -0.05) is 169 Å². The van der Waals surface area contributed by atoms with Gasteiger partial charge >= 0.3 is 0 Å². The van der Waals surface area contributed by atoms with E-state index in [0.29, 0.717) is 0 Å². The van der Waals surface area contributed by atoms with Crippen LogP contribution in [0.15, 0.2) is 152 Å². The topological polar surface area (TPSA) is 16.4 Å². The third kappa shape index (κ3) is 5.25. The number of nitrogens with zero attached hydrogens (tertiary/aromatic N) is 1. The lowest BCUT2D eigenvalue weighted by molar-refractivity contribution is 0.569. The molecule has 0 aliphatic rings. The fourth-order valence-electron chi connectivity index (χ4n) is 8.06. The first-order chi connectivity index (χ1) is 25.1. The van der Waals surface area contributed by atoms with E-state index in [0.717, 1.165) is 16.9 Å². The highest BCUT2D eigenvalue weighted by Crippen LogP contribution is 2.41. The fourth-order valence-corrected chi connectivity index (χ4v) is 8.06. The van der Waals surface area contributed by atoms with Crippen LogP contribution in [0.2, 0.25) is 0 Å². The Bertz CT molecular complexity index is 2860. The molecule has 0 saturated carbocycles. The van der Waals surface area contributed by atoms with E-state index >= 15 is 0 Å². The van der Waals surface area contributed by atoms with E-state index in [1.165, 1.54) is 76.4 Å². The predicted octanol–water partition coefficient (Wildman–Crippen LogP) is 14.3. The highest BCUT2D eigenvalue weighted by Gasteiger charge is 2.22. The Morgan fingerprint density at radius 3 is 1.52 bits per heavy atom. The molecule has 2 nitrogen and oxygen atoms in total. The number of fused-ring (bicyclic) bond motifs is 10. The minimum Gasteiger partial charge on any atom is -0.355 e. The van der Waals surface area contributed by atoms with Gasteiger partial charge in [0.25, 0.3) is 0 Å². The quantitative estimate of drug-likeness (QED) is 0.198. The van der Waals surface area contributed by atoms with Gasteiger partial charge in [-0.05, 0) is 73.3 Å². The Morgan fingerprint density at radius 2 is 0.885 bits per heavy atom. The third-order valence-electron chi connectivity index (χ3n) is 10.8. The van der Waals surface area contributed by atoms with Crippen molar-refractivity contribution in [3.63, 3.8) is 0 Å². The second-order valence-electron chi connectivity index (χ2n) is 16.3. The van der Waals surface area contributed by atoms with Gasteiger partial charge in [-0.25, -0.2) is 0 Å². The van der Waals surface area contributed by atoms with E-state index < -0.39 is 0 Å². The SMILES string of the molecule is CC(C)(C)c1cc(-c2ccccc2Nc2ccc3c4ccccc4c4ccccc4c4cccc5c6ccccc6n(c3c2)c45)cc(C(C)(C)C)c1. The molecule has 2 aromatic heterocycles. The molecular formula is C50H44N2. The molecule has 0 fully saturated rings. The molecule has 0 saturated heterocycles. The largest absolute Gasteiger partial charge is 0.355 e. The van der Waals surface area contributed by atoms with Crippen LogP contribution >= 0.6 is 0 Å². The Balaban J connectivity index is 1.36. The second-order valence-corrected chi connectivity index (χ2v) is 16.3. The molecule has 52 heavy (non-hydrogen) atoms. The summed E-state index contributed by atoms with van der Waals surface area (Å²) in [7, 11) is 0. The van der Waals surface area contributed by atoms with E-state index in [4.69, 9.17) is 0 Å². The predicted molar refractivity (Wildman–Crippen MR) is 226 cm³/mol. The normalized spacial score (nSPS) is 12.4. The molecular weight excluding hydrogens is 629 g/mol. The zero-order chi connectivity index (χ0) is 35.8. The number of anilines is 2. The molecule has 0 atom stereocenters. The Kier molecular flexibility index (Phi) is 7.31. The molecule has 2 heterocycles. The van der Waals surface area contributed by atoms with Crippen LogP contribution < -0.4 is 5.32 Å². The van der Waals surface area contributed by atoms with Gasteiger partial charge in [-0.3, -0.25) is 0 Å². The highest BCUT2D eigenvalue weighted by atomic mass is 14.9. The number of benzene rings is 7. The average molecular weight is 673 g/mol. The number of para-hydroxylation sites is 3. The zero-order valence-electron chi connectivity index (χ0n) is 30.9. The van der Waals surface area contributed by atoms with Gasteiger partial charge in [-0.15, -0.1) is 0 Å². The second kappa shape index (κ2) is 11.9. The van der Waals surface area contributed by atoms with Crippen molar-refractivity contribution in [3.05, 3.63) is 163 Å². The molecule has 9 aromatic rings. The zero-order valence-corrected chi connectivity index (χ0v) is 30.9. The van der Waals surface area contributed by atoms with Crippen molar-refractivity contribution in [1.82, 2.24) is 4.40 Å². The van der Waals surface area contributed by atoms with Crippen LogP contribution in [0.3, 0.4) is 0 Å². The van der Waals surface area contributed by atoms with Crippen molar-refractivity contribution >= 4 is 71.0 Å². The number of rotatable bonds is 3. The highest BCUT2D eigenvalue weighted by molar-refractivity contribution is 6.25. The van der Waals surface area contributed by atoms with Crippen LogP contribution in [0.5, 0.6) is 0 Å². The van der Waals surface area contributed by atoms with Crippen LogP contribution in [0.1, 0.15) is 52.7 Å². The number of nitrogens with one attached hydrogen (secondary N) is 1. The van der Waals surface area contributed by atoms with Crippen LogP contribution in [0.25, 0.3) is 70.8 Å². The maximum atomic E-state index is 3.91. The smallest absolute Gasteiger partial charge is 0.0619 e. The average Bonchev–Trinajstić information content (AvgIpc) is 3.50. The minimum absolute atomic E-state index is 0.0317. The first-order valence-electron chi connectivity index (χ1n) is 18.4. The summed E-state index contributed by atoms with van der Waals surface area (Å²) in [4.78, 5) is 0. The molecule has 0 amide bonds. The number of aromatic nitrogens is 1. The van der Waals surface area contributed by atoms with Crippen LogP contribution in [-0.2, 0) is 10.8 Å². The lowest BCUT2D eigenvalue weighted by Crippen LogP contribution is -2.16. The van der Waals surface area contributed by atoms with Gasteiger partial charge in [0, 0.05) is 38.5 Å². The van der Waals surface area contributed by atoms with Crippen LogP contribution in [0.4, 0.5) is 11.4 Å². The molecule has 7 aromatic carbocycles. The third-order valence-corrected chi connectivity index (χ3v) is 10.8. The summed E-state index contributed by atoms with van der Waals surface area (Å²) >= 11 is 0. The van der Waals surface area contributed by atoms with Crippen molar-refractivity contribution in [2.24, 2.45) is 0 Å². The summed E-state index contributed by atoms with van der Waals surface area (Å²) in [6.07, 6.45) is 0. The molecule has 0 aliphatic heterocycles. The van der Waals surface area contributed by atoms with Gasteiger partial charge in [-0.2, -0.15) is 0 Å². The van der Waals surface area contributed by atoms with E-state index in [1.54, 1.807) is 0 Å². The molecule has 254 valence electrons. The van der Waals surface area contributed by atoms with Crippen molar-refractivity contribution in [2.45, 2.75) is 52.4 Å². The summed E-state index contributed by atoms with van der Waals surface area (Å²) in [6.45, 7) is 13.8. The van der Waals surface area contributed by atoms with E-state index in [1.807, 2.05) is 0 Å². The minimum atomic E-state index is 0.0317. The standard InChI is InChI=1S/C50H44N2/c1-49(2,3)33-28-32(29-34(30-33)50(4,5)6)36-16-11-13-24-45(36)51-35-26-27-42-39-19-9-7-17-37(39)38-18-8-10-20-40(38)43-22-15-23-44-41-21-12-14-25-46(41)52(48(43)44)47(42)31-35/h7-31,51H,1-6H3. The monoisotopic (exact) mass is 672 g/mol. The van der Waals surface area contributed by atoms with Crippen molar-refractivity contribution in [1.29, 1.82) is 0 Å². The van der Waals surface area contributed by atoms with Crippen molar-refractivity contribution in [2.75, 3.05) is 5.32 Å². The first-order valence-corrected chi connectivity index (χ1v) is 18.4. The molecule has 0 radical (unpaired) electrons. The number of hydrogen-bond acceptors (Lipinski definition) is 1.